The van der Waals surface area contributed by atoms with Crippen molar-refractivity contribution < 1.29 is 4.79 Å². The second-order valence-corrected chi connectivity index (χ2v) is 8.02. The van der Waals surface area contributed by atoms with Crippen molar-refractivity contribution in [1.82, 2.24) is 14.5 Å². The summed E-state index contributed by atoms with van der Waals surface area (Å²) in [5.41, 5.74) is 16.4. The normalized spacial score (nSPS) is 11.2. The van der Waals surface area contributed by atoms with Crippen LogP contribution < -0.4 is 11.5 Å². The predicted molar refractivity (Wildman–Crippen MR) is 115 cm³/mol. The number of rotatable bonds is 6. The number of Topliss-reactive ketones (excluding diaryl/α,β-unsaturated/α-hetero) is 1. The van der Waals surface area contributed by atoms with Gasteiger partial charge in [-0.2, -0.15) is 0 Å². The van der Waals surface area contributed by atoms with Crippen LogP contribution >= 0.6 is 11.8 Å². The third-order valence-corrected chi connectivity index (χ3v) is 5.47. The van der Waals surface area contributed by atoms with Crippen LogP contribution in [-0.2, 0) is 0 Å². The van der Waals surface area contributed by atoms with Crippen molar-refractivity contribution in [2.75, 3.05) is 17.2 Å². The first-order valence-electron chi connectivity index (χ1n) is 9.11. The van der Waals surface area contributed by atoms with Crippen LogP contribution in [0.2, 0.25) is 0 Å². The van der Waals surface area contributed by atoms with Crippen molar-refractivity contribution in [3.05, 3.63) is 58.9 Å². The number of nitrogens with two attached hydrogens (primary N) is 2. The highest BCUT2D eigenvalue weighted by Gasteiger charge is 2.17. The summed E-state index contributed by atoms with van der Waals surface area (Å²) in [5.74, 6) is 1.32. The van der Waals surface area contributed by atoms with Crippen molar-refractivity contribution in [2.45, 2.75) is 38.8 Å². The topological polar surface area (TPSA) is 99.8 Å². The zero-order chi connectivity index (χ0) is 20.4. The Morgan fingerprint density at radius 3 is 2.25 bits per heavy atom. The fraction of sp³-hybridized carbons (Fsp3) is 0.286. The van der Waals surface area contributed by atoms with E-state index < -0.39 is 0 Å². The number of benzene rings is 1. The molecule has 0 saturated heterocycles. The quantitative estimate of drug-likeness (QED) is 0.369. The van der Waals surface area contributed by atoms with Gasteiger partial charge in [-0.3, -0.25) is 4.79 Å². The van der Waals surface area contributed by atoms with Gasteiger partial charge in [-0.15, -0.1) is 0 Å². The predicted octanol–water partition coefficient (Wildman–Crippen LogP) is 4.15. The number of ketones is 1. The second-order valence-electron chi connectivity index (χ2n) is 7.08. The number of hydrogen-bond donors (Lipinski definition) is 2. The zero-order valence-electron chi connectivity index (χ0n) is 16.6. The highest BCUT2D eigenvalue weighted by molar-refractivity contribution is 7.99. The highest BCUT2D eigenvalue weighted by Crippen LogP contribution is 2.25. The van der Waals surface area contributed by atoms with Gasteiger partial charge >= 0.3 is 0 Å². The first-order valence-corrected chi connectivity index (χ1v) is 10.1. The van der Waals surface area contributed by atoms with Gasteiger partial charge in [0.1, 0.15) is 11.6 Å². The molecule has 0 amide bonds. The molecule has 1 aromatic carbocycles. The molecule has 0 radical (unpaired) electrons. The number of anilines is 2. The van der Waals surface area contributed by atoms with Crippen LogP contribution in [0.5, 0.6) is 0 Å². The Balaban J connectivity index is 1.81. The summed E-state index contributed by atoms with van der Waals surface area (Å²) >= 11 is 1.24. The molecule has 0 saturated carbocycles. The molecule has 146 valence electrons. The standard InChI is InChI=1S/C21H25N5OS/c1-12(2)15-5-7-16(8-6-15)26-13(3)9-17(14(26)4)18(27)11-28-21-24-19(22)10-20(23)25-21/h5-10,12H,11H2,1-4H3,(H4,22,23,24,25). The molecule has 6 nitrogen and oxygen atoms in total. The summed E-state index contributed by atoms with van der Waals surface area (Å²) in [6.45, 7) is 8.33. The molecule has 3 aromatic rings. The fourth-order valence-corrected chi connectivity index (χ4v) is 3.94. The van der Waals surface area contributed by atoms with Gasteiger partial charge in [-0.05, 0) is 43.5 Å². The van der Waals surface area contributed by atoms with Crippen LogP contribution in [0.1, 0.15) is 47.1 Å². The molecule has 0 aliphatic carbocycles. The minimum atomic E-state index is 0.0211. The summed E-state index contributed by atoms with van der Waals surface area (Å²) in [4.78, 5) is 21.0. The zero-order valence-corrected chi connectivity index (χ0v) is 17.4. The van der Waals surface area contributed by atoms with E-state index in [1.165, 1.54) is 23.4 Å². The van der Waals surface area contributed by atoms with Crippen molar-refractivity contribution in [2.24, 2.45) is 0 Å². The van der Waals surface area contributed by atoms with Gasteiger partial charge in [0.2, 0.25) is 0 Å². The molecule has 28 heavy (non-hydrogen) atoms. The Labute approximate surface area is 169 Å². The number of thioether (sulfide) groups is 1. The van der Waals surface area contributed by atoms with Crippen LogP contribution in [0.3, 0.4) is 0 Å². The number of carbonyl (C=O) groups excluding carboxylic acids is 1. The Morgan fingerprint density at radius 1 is 1.07 bits per heavy atom. The van der Waals surface area contributed by atoms with Crippen LogP contribution in [0.25, 0.3) is 5.69 Å². The summed E-state index contributed by atoms with van der Waals surface area (Å²) < 4.78 is 2.11. The van der Waals surface area contributed by atoms with Crippen molar-refractivity contribution in [3.8, 4) is 5.69 Å². The van der Waals surface area contributed by atoms with Crippen molar-refractivity contribution in [1.29, 1.82) is 0 Å². The lowest BCUT2D eigenvalue weighted by Crippen LogP contribution is -2.07. The fourth-order valence-electron chi connectivity index (χ4n) is 3.19. The summed E-state index contributed by atoms with van der Waals surface area (Å²) in [5, 5.41) is 0.406. The van der Waals surface area contributed by atoms with Crippen molar-refractivity contribution in [3.63, 3.8) is 0 Å². The average Bonchev–Trinajstić information content (AvgIpc) is 2.93. The van der Waals surface area contributed by atoms with Gasteiger partial charge in [0.25, 0.3) is 0 Å². The maximum absolute atomic E-state index is 12.8. The van der Waals surface area contributed by atoms with Crippen LogP contribution in [-0.4, -0.2) is 26.1 Å². The highest BCUT2D eigenvalue weighted by atomic mass is 32.2. The Morgan fingerprint density at radius 2 is 1.68 bits per heavy atom. The Bertz CT molecular complexity index is 988. The number of nitrogen functional groups attached to an aromatic ring is 2. The lowest BCUT2D eigenvalue weighted by atomic mass is 10.0. The molecule has 2 heterocycles. The molecule has 7 heteroatoms. The van der Waals surface area contributed by atoms with Gasteiger partial charge in [0, 0.05) is 28.7 Å². The third kappa shape index (κ3) is 4.20. The number of aryl methyl sites for hydroxylation is 1. The van der Waals surface area contributed by atoms with E-state index in [-0.39, 0.29) is 11.5 Å². The molecule has 4 N–H and O–H groups in total. The molecular weight excluding hydrogens is 370 g/mol. The Hall–Kier alpha value is -2.80. The van der Waals surface area contributed by atoms with E-state index in [4.69, 9.17) is 11.5 Å². The minimum Gasteiger partial charge on any atom is -0.383 e. The maximum atomic E-state index is 12.8. The van der Waals surface area contributed by atoms with Crippen LogP contribution in [0.15, 0.2) is 41.6 Å². The largest absolute Gasteiger partial charge is 0.383 e. The SMILES string of the molecule is Cc1cc(C(=O)CSc2nc(N)cc(N)n2)c(C)n1-c1ccc(C(C)C)cc1. The third-order valence-electron chi connectivity index (χ3n) is 4.63. The molecule has 0 aliphatic rings. The van der Waals surface area contributed by atoms with E-state index in [0.717, 1.165) is 17.1 Å². The summed E-state index contributed by atoms with van der Waals surface area (Å²) in [6, 6.07) is 11.9. The van der Waals surface area contributed by atoms with Gasteiger partial charge in [0.05, 0.1) is 5.75 Å². The monoisotopic (exact) mass is 395 g/mol. The molecule has 0 spiro atoms. The lowest BCUT2D eigenvalue weighted by Gasteiger charge is -2.12. The number of carbonyl (C=O) groups is 1. The maximum Gasteiger partial charge on any atom is 0.191 e. The van der Waals surface area contributed by atoms with Gasteiger partial charge in [-0.25, -0.2) is 9.97 Å². The van der Waals surface area contributed by atoms with E-state index >= 15 is 0 Å². The first-order chi connectivity index (χ1) is 13.3. The first kappa shape index (κ1) is 19.9. The second kappa shape index (κ2) is 8.06. The molecule has 3 rings (SSSR count). The summed E-state index contributed by atoms with van der Waals surface area (Å²) in [7, 11) is 0. The lowest BCUT2D eigenvalue weighted by molar-refractivity contribution is 0.102. The number of nitrogens with zero attached hydrogens (tertiary/aromatic N) is 3. The van der Waals surface area contributed by atoms with E-state index in [1.807, 2.05) is 19.9 Å². The molecule has 0 fully saturated rings. The molecular formula is C21H25N5OS. The smallest absolute Gasteiger partial charge is 0.191 e. The van der Waals surface area contributed by atoms with Gasteiger partial charge < -0.3 is 16.0 Å². The van der Waals surface area contributed by atoms with E-state index in [1.54, 1.807) is 0 Å². The van der Waals surface area contributed by atoms with E-state index in [0.29, 0.717) is 28.3 Å². The number of hydrogen-bond acceptors (Lipinski definition) is 6. The van der Waals surface area contributed by atoms with E-state index in [2.05, 4.69) is 52.6 Å². The van der Waals surface area contributed by atoms with Crippen LogP contribution in [0.4, 0.5) is 11.6 Å². The molecule has 2 aromatic heterocycles. The molecule has 0 bridgehead atoms. The average molecular weight is 396 g/mol. The number of aromatic nitrogens is 3. The Kier molecular flexibility index (Phi) is 5.74. The van der Waals surface area contributed by atoms with Gasteiger partial charge in [-0.1, -0.05) is 37.7 Å². The molecule has 0 aliphatic heterocycles. The summed E-state index contributed by atoms with van der Waals surface area (Å²) in [6.07, 6.45) is 0. The van der Waals surface area contributed by atoms with Gasteiger partial charge in [0.15, 0.2) is 10.9 Å². The molecule has 0 unspecified atom stereocenters. The van der Waals surface area contributed by atoms with Crippen molar-refractivity contribution >= 4 is 29.2 Å². The minimum absolute atomic E-state index is 0.0211. The van der Waals surface area contributed by atoms with E-state index in [9.17, 15) is 4.79 Å². The molecule has 0 atom stereocenters. The van der Waals surface area contributed by atoms with Crippen LogP contribution in [0, 0.1) is 13.8 Å².